The Kier molecular flexibility index (Phi) is 9.51. The molecule has 0 saturated carbocycles. The molecular formula is C19H24N2O4. The Morgan fingerprint density at radius 1 is 0.920 bits per heavy atom. The van der Waals surface area contributed by atoms with E-state index in [1.807, 2.05) is 19.1 Å². The fourth-order valence-corrected chi connectivity index (χ4v) is 1.93. The molecule has 0 bridgehead atoms. The molecule has 2 aromatic heterocycles. The summed E-state index contributed by atoms with van der Waals surface area (Å²) in [5.41, 5.74) is 1.87. The second-order valence-corrected chi connectivity index (χ2v) is 5.09. The molecule has 25 heavy (non-hydrogen) atoms. The van der Waals surface area contributed by atoms with E-state index >= 15 is 0 Å². The lowest BCUT2D eigenvalue weighted by molar-refractivity contribution is -0.144. The zero-order valence-electron chi connectivity index (χ0n) is 14.8. The number of carbonyl (C=O) groups excluding carboxylic acids is 2. The quantitative estimate of drug-likeness (QED) is 0.750. The van der Waals surface area contributed by atoms with Crippen LogP contribution < -0.4 is 0 Å². The molecule has 1 unspecified atom stereocenters. The summed E-state index contributed by atoms with van der Waals surface area (Å²) >= 11 is 0. The molecule has 2 heterocycles. The van der Waals surface area contributed by atoms with Crippen LogP contribution in [0.3, 0.4) is 0 Å². The second-order valence-electron chi connectivity index (χ2n) is 5.09. The third-order valence-electron chi connectivity index (χ3n) is 3.25. The van der Waals surface area contributed by atoms with Crippen LogP contribution in [0.5, 0.6) is 0 Å². The highest BCUT2D eigenvalue weighted by atomic mass is 16.5. The first kappa shape index (κ1) is 20.3. The van der Waals surface area contributed by atoms with Crippen LogP contribution in [-0.2, 0) is 25.5 Å². The molecule has 0 aromatic carbocycles. The minimum absolute atomic E-state index is 0.186. The highest BCUT2D eigenvalue weighted by Crippen LogP contribution is 2.14. The SMILES string of the molecule is CCOC(=O)C(C)c1ccncc1.CCOC(=O)Cc1ccncc1. The number of carbonyl (C=O) groups is 2. The van der Waals surface area contributed by atoms with E-state index in [1.165, 1.54) is 0 Å². The van der Waals surface area contributed by atoms with Crippen molar-refractivity contribution in [2.45, 2.75) is 33.1 Å². The number of esters is 2. The minimum Gasteiger partial charge on any atom is -0.466 e. The van der Waals surface area contributed by atoms with Gasteiger partial charge in [-0.3, -0.25) is 19.6 Å². The molecule has 0 aliphatic heterocycles. The third kappa shape index (κ3) is 8.06. The van der Waals surface area contributed by atoms with Crippen molar-refractivity contribution in [2.75, 3.05) is 13.2 Å². The van der Waals surface area contributed by atoms with Crippen molar-refractivity contribution in [3.8, 4) is 0 Å². The minimum atomic E-state index is -0.206. The number of nitrogens with zero attached hydrogens (tertiary/aromatic N) is 2. The van der Waals surface area contributed by atoms with Crippen LogP contribution in [0.1, 0.15) is 37.8 Å². The van der Waals surface area contributed by atoms with E-state index in [0.717, 1.165) is 11.1 Å². The zero-order chi connectivity index (χ0) is 18.5. The maximum absolute atomic E-state index is 11.3. The number of rotatable bonds is 6. The van der Waals surface area contributed by atoms with Crippen LogP contribution in [0.15, 0.2) is 49.1 Å². The van der Waals surface area contributed by atoms with Crippen molar-refractivity contribution in [1.29, 1.82) is 0 Å². The van der Waals surface area contributed by atoms with E-state index in [9.17, 15) is 9.59 Å². The topological polar surface area (TPSA) is 78.4 Å². The van der Waals surface area contributed by atoms with Crippen molar-refractivity contribution in [3.63, 3.8) is 0 Å². The average molecular weight is 344 g/mol. The number of pyridine rings is 2. The van der Waals surface area contributed by atoms with Gasteiger partial charge in [-0.25, -0.2) is 0 Å². The van der Waals surface area contributed by atoms with Crippen molar-refractivity contribution in [2.24, 2.45) is 0 Å². The summed E-state index contributed by atoms with van der Waals surface area (Å²) in [6.45, 7) is 6.28. The molecule has 134 valence electrons. The highest BCUT2D eigenvalue weighted by Gasteiger charge is 2.15. The standard InChI is InChI=1S/C10H13NO2.C9H11NO2/c1-3-13-10(12)8(2)9-4-6-11-7-5-9;1-2-12-9(11)7-8-3-5-10-6-4-8/h4-8H,3H2,1-2H3;3-6H,2,7H2,1H3. The lowest BCUT2D eigenvalue weighted by atomic mass is 10.0. The van der Waals surface area contributed by atoms with Crippen molar-refractivity contribution in [3.05, 3.63) is 60.2 Å². The predicted octanol–water partition coefficient (Wildman–Crippen LogP) is 2.94. The summed E-state index contributed by atoms with van der Waals surface area (Å²) in [5, 5.41) is 0. The fraction of sp³-hybridized carbons (Fsp3) is 0.368. The molecule has 6 nitrogen and oxygen atoms in total. The number of ether oxygens (including phenoxy) is 2. The first-order valence-corrected chi connectivity index (χ1v) is 8.19. The molecule has 0 N–H and O–H groups in total. The van der Waals surface area contributed by atoms with Gasteiger partial charge < -0.3 is 9.47 Å². The van der Waals surface area contributed by atoms with Gasteiger partial charge in [0.1, 0.15) is 0 Å². The Balaban J connectivity index is 0.000000251. The van der Waals surface area contributed by atoms with Crippen LogP contribution in [-0.4, -0.2) is 35.1 Å². The molecule has 0 radical (unpaired) electrons. The van der Waals surface area contributed by atoms with Gasteiger partial charge in [0, 0.05) is 24.8 Å². The predicted molar refractivity (Wildman–Crippen MR) is 93.9 cm³/mol. The Bertz CT molecular complexity index is 632. The molecule has 0 spiro atoms. The average Bonchev–Trinajstić information content (AvgIpc) is 2.63. The van der Waals surface area contributed by atoms with Gasteiger partial charge in [0.25, 0.3) is 0 Å². The first-order chi connectivity index (χ1) is 12.1. The molecule has 6 heteroatoms. The number of hydrogen-bond donors (Lipinski definition) is 0. The van der Waals surface area contributed by atoms with Gasteiger partial charge in [-0.05, 0) is 56.2 Å². The van der Waals surface area contributed by atoms with Crippen LogP contribution >= 0.6 is 0 Å². The monoisotopic (exact) mass is 344 g/mol. The second kappa shape index (κ2) is 11.7. The van der Waals surface area contributed by atoms with E-state index in [2.05, 4.69) is 9.97 Å². The molecule has 1 atom stereocenters. The van der Waals surface area contributed by atoms with Gasteiger partial charge in [-0.15, -0.1) is 0 Å². The molecule has 2 rings (SSSR count). The third-order valence-corrected chi connectivity index (χ3v) is 3.25. The van der Waals surface area contributed by atoms with E-state index in [-0.39, 0.29) is 17.9 Å². The molecular weight excluding hydrogens is 320 g/mol. The lowest BCUT2D eigenvalue weighted by Gasteiger charge is -2.09. The van der Waals surface area contributed by atoms with Gasteiger partial charge in [-0.1, -0.05) is 0 Å². The van der Waals surface area contributed by atoms with Gasteiger partial charge in [0.15, 0.2) is 0 Å². The van der Waals surface area contributed by atoms with Crippen molar-refractivity contribution < 1.29 is 19.1 Å². The highest BCUT2D eigenvalue weighted by molar-refractivity contribution is 5.77. The molecule has 2 aromatic rings. The lowest BCUT2D eigenvalue weighted by Crippen LogP contribution is -2.12. The van der Waals surface area contributed by atoms with E-state index < -0.39 is 0 Å². The van der Waals surface area contributed by atoms with Gasteiger partial charge in [-0.2, -0.15) is 0 Å². The number of hydrogen-bond acceptors (Lipinski definition) is 6. The summed E-state index contributed by atoms with van der Waals surface area (Å²) < 4.78 is 9.69. The Labute approximate surface area is 148 Å². The Morgan fingerprint density at radius 3 is 1.96 bits per heavy atom. The maximum atomic E-state index is 11.3. The maximum Gasteiger partial charge on any atom is 0.313 e. The molecule has 0 amide bonds. The first-order valence-electron chi connectivity index (χ1n) is 8.19. The fourth-order valence-electron chi connectivity index (χ4n) is 1.93. The van der Waals surface area contributed by atoms with Crippen LogP contribution in [0.2, 0.25) is 0 Å². The Morgan fingerprint density at radius 2 is 1.44 bits per heavy atom. The molecule has 0 aliphatic rings. The Hall–Kier alpha value is -2.76. The van der Waals surface area contributed by atoms with Crippen LogP contribution in [0, 0.1) is 0 Å². The molecule has 0 fully saturated rings. The summed E-state index contributed by atoms with van der Waals surface area (Å²) in [7, 11) is 0. The normalized spacial score (nSPS) is 10.8. The van der Waals surface area contributed by atoms with Gasteiger partial charge in [0.05, 0.1) is 25.6 Å². The largest absolute Gasteiger partial charge is 0.466 e. The van der Waals surface area contributed by atoms with Crippen LogP contribution in [0.25, 0.3) is 0 Å². The summed E-state index contributed by atoms with van der Waals surface area (Å²) in [6, 6.07) is 7.25. The smallest absolute Gasteiger partial charge is 0.313 e. The van der Waals surface area contributed by atoms with E-state index in [4.69, 9.17) is 9.47 Å². The van der Waals surface area contributed by atoms with Crippen molar-refractivity contribution in [1.82, 2.24) is 9.97 Å². The summed E-state index contributed by atoms with van der Waals surface area (Å²) in [4.78, 5) is 30.0. The van der Waals surface area contributed by atoms with Gasteiger partial charge in [0.2, 0.25) is 0 Å². The molecule has 0 aliphatic carbocycles. The van der Waals surface area contributed by atoms with Crippen LogP contribution in [0.4, 0.5) is 0 Å². The number of aromatic nitrogens is 2. The van der Waals surface area contributed by atoms with Crippen molar-refractivity contribution >= 4 is 11.9 Å². The van der Waals surface area contributed by atoms with Gasteiger partial charge >= 0.3 is 11.9 Å². The summed E-state index contributed by atoms with van der Waals surface area (Å²) in [6.07, 6.45) is 7.00. The molecule has 0 saturated heterocycles. The van der Waals surface area contributed by atoms with E-state index in [1.54, 1.807) is 50.8 Å². The zero-order valence-corrected chi connectivity index (χ0v) is 14.8. The van der Waals surface area contributed by atoms with E-state index in [0.29, 0.717) is 19.6 Å². The summed E-state index contributed by atoms with van der Waals surface area (Å²) in [5.74, 6) is -0.583.